The topological polar surface area (TPSA) is 63.2 Å². The average molecular weight is 467 g/mol. The molecule has 5 fully saturated rings. The summed E-state index contributed by atoms with van der Waals surface area (Å²) in [5.74, 6) is -0.373. The molecule has 0 amide bonds. The Balaban J connectivity index is 1.46. The van der Waals surface area contributed by atoms with Crippen LogP contribution in [-0.4, -0.2) is 29.9 Å². The van der Waals surface area contributed by atoms with E-state index in [1.165, 1.54) is 0 Å². The Morgan fingerprint density at radius 1 is 1.14 bits per heavy atom. The van der Waals surface area contributed by atoms with E-state index >= 15 is 0 Å². The van der Waals surface area contributed by atoms with E-state index in [1.54, 1.807) is 6.07 Å². The number of carbonyl (C=O) groups is 1. The molecule has 4 aliphatic heterocycles. The van der Waals surface area contributed by atoms with Gasteiger partial charge in [0.2, 0.25) is 12.1 Å². The predicted octanol–water partition coefficient (Wildman–Crippen LogP) is 4.81. The lowest BCUT2D eigenvalue weighted by molar-refractivity contribution is -0.576. The second-order valence-corrected chi connectivity index (χ2v) is 10.0. The molecule has 4 heterocycles. The first-order valence-electron chi connectivity index (χ1n) is 10.5. The van der Waals surface area contributed by atoms with E-state index in [0.29, 0.717) is 16.0 Å². The van der Waals surface area contributed by atoms with E-state index in [4.69, 9.17) is 24.0 Å². The highest BCUT2D eigenvalue weighted by atomic mass is 79.9. The van der Waals surface area contributed by atoms with E-state index in [9.17, 15) is 4.79 Å². The second-order valence-electron chi connectivity index (χ2n) is 9.16. The summed E-state index contributed by atoms with van der Waals surface area (Å²) in [7, 11) is 0. The summed E-state index contributed by atoms with van der Waals surface area (Å²) in [4.78, 5) is 24.8. The first-order chi connectivity index (χ1) is 13.8. The molecule has 1 spiro atoms. The maximum atomic E-state index is 12.8. The number of hydrogen-bond donors (Lipinski definition) is 0. The van der Waals surface area contributed by atoms with Crippen LogP contribution >= 0.6 is 15.9 Å². The molecule has 5 aliphatic rings. The van der Waals surface area contributed by atoms with Gasteiger partial charge in [-0.2, -0.15) is 0 Å². The van der Waals surface area contributed by atoms with Gasteiger partial charge in [-0.3, -0.25) is 0 Å². The van der Waals surface area contributed by atoms with E-state index in [-0.39, 0.29) is 17.8 Å². The van der Waals surface area contributed by atoms with Crippen LogP contribution in [0.2, 0.25) is 0 Å². The van der Waals surface area contributed by atoms with E-state index in [1.807, 2.05) is 25.1 Å². The van der Waals surface area contributed by atoms with E-state index in [0.717, 1.165) is 25.7 Å². The number of fused-ring (bicyclic) bond motifs is 2. The average Bonchev–Trinajstić information content (AvgIpc) is 2.92. The number of halogens is 1. The molecular formula is C22H27BrO6. The monoisotopic (exact) mass is 466 g/mol. The largest absolute Gasteiger partial charge is 0.432 e. The molecular weight excluding hydrogens is 440 g/mol. The van der Waals surface area contributed by atoms with E-state index in [2.05, 4.69) is 29.8 Å². The molecule has 0 N–H and O–H groups in total. The van der Waals surface area contributed by atoms with Crippen molar-refractivity contribution in [2.45, 2.75) is 70.4 Å². The summed E-state index contributed by atoms with van der Waals surface area (Å²) < 4.78 is 19.1. The van der Waals surface area contributed by atoms with Crippen molar-refractivity contribution in [3.63, 3.8) is 0 Å². The number of carbonyl (C=O) groups excluding carboxylic acids is 1. The minimum absolute atomic E-state index is 0.0395. The first-order valence-corrected chi connectivity index (χ1v) is 11.3. The fraction of sp³-hybridized carbons (Fsp3) is 0.682. The van der Waals surface area contributed by atoms with Crippen LogP contribution in [0.1, 0.15) is 56.8 Å². The quantitative estimate of drug-likeness (QED) is 0.460. The smallest absolute Gasteiger partial charge is 0.341 e. The molecule has 4 saturated heterocycles. The Labute approximate surface area is 179 Å². The summed E-state index contributed by atoms with van der Waals surface area (Å²) in [6, 6.07) is 7.24. The minimum Gasteiger partial charge on any atom is -0.432 e. The molecule has 8 atom stereocenters. The van der Waals surface area contributed by atoms with Crippen LogP contribution < -0.4 is 0 Å². The first kappa shape index (κ1) is 19.9. The van der Waals surface area contributed by atoms with Gasteiger partial charge in [0.1, 0.15) is 0 Å². The second kappa shape index (κ2) is 7.02. The molecule has 6 rings (SSSR count). The van der Waals surface area contributed by atoms with Crippen molar-refractivity contribution in [3.8, 4) is 0 Å². The molecule has 29 heavy (non-hydrogen) atoms. The van der Waals surface area contributed by atoms with Crippen molar-refractivity contribution < 1.29 is 28.8 Å². The SMILES string of the molecule is C[C@H]1[C@H](OC(=O)c2ccccc2Br)O[C@@H]2O[C@@]3(C)CC[C@@H]4[C@H](C)CC[C@@H]1[C@@]24OO3. The zero-order valence-electron chi connectivity index (χ0n) is 16.9. The van der Waals surface area contributed by atoms with Crippen molar-refractivity contribution in [1.82, 2.24) is 0 Å². The van der Waals surface area contributed by atoms with Crippen LogP contribution in [0.5, 0.6) is 0 Å². The highest BCUT2D eigenvalue weighted by molar-refractivity contribution is 9.10. The number of hydrogen-bond acceptors (Lipinski definition) is 6. The number of ether oxygens (including phenoxy) is 3. The highest BCUT2D eigenvalue weighted by Crippen LogP contribution is 2.60. The lowest BCUT2D eigenvalue weighted by Gasteiger charge is -2.59. The zero-order valence-corrected chi connectivity index (χ0v) is 18.5. The Morgan fingerprint density at radius 2 is 1.93 bits per heavy atom. The van der Waals surface area contributed by atoms with Gasteiger partial charge in [0, 0.05) is 22.7 Å². The summed E-state index contributed by atoms with van der Waals surface area (Å²) in [6.07, 6.45) is 2.49. The van der Waals surface area contributed by atoms with Crippen LogP contribution in [0.3, 0.4) is 0 Å². The van der Waals surface area contributed by atoms with Crippen LogP contribution in [-0.2, 0) is 24.0 Å². The third-order valence-electron chi connectivity index (χ3n) is 7.41. The summed E-state index contributed by atoms with van der Waals surface area (Å²) >= 11 is 3.42. The Morgan fingerprint density at radius 3 is 2.72 bits per heavy atom. The lowest BCUT2D eigenvalue weighted by atomic mass is 9.58. The zero-order chi connectivity index (χ0) is 20.4. The van der Waals surface area contributed by atoms with Gasteiger partial charge in [-0.15, -0.1) is 0 Å². The van der Waals surface area contributed by atoms with Crippen molar-refractivity contribution in [2.24, 2.45) is 23.7 Å². The Bertz CT molecular complexity index is 816. The highest BCUT2D eigenvalue weighted by Gasteiger charge is 2.69. The molecule has 6 nitrogen and oxygen atoms in total. The van der Waals surface area contributed by atoms with Crippen LogP contribution in [0, 0.1) is 23.7 Å². The molecule has 1 aromatic carbocycles. The van der Waals surface area contributed by atoms with Gasteiger partial charge < -0.3 is 14.2 Å². The van der Waals surface area contributed by atoms with Gasteiger partial charge in [-0.05, 0) is 66.1 Å². The summed E-state index contributed by atoms with van der Waals surface area (Å²) in [5, 5.41) is 0. The van der Waals surface area contributed by atoms with Gasteiger partial charge in [0.25, 0.3) is 0 Å². The number of benzene rings is 1. The lowest BCUT2D eigenvalue weighted by Crippen LogP contribution is -2.70. The summed E-state index contributed by atoms with van der Waals surface area (Å²) in [5.41, 5.74) is -0.169. The van der Waals surface area contributed by atoms with Crippen LogP contribution in [0.15, 0.2) is 28.7 Å². The summed E-state index contributed by atoms with van der Waals surface area (Å²) in [6.45, 7) is 6.24. The van der Waals surface area contributed by atoms with Gasteiger partial charge in [0.15, 0.2) is 11.9 Å². The molecule has 2 bridgehead atoms. The fourth-order valence-corrected chi connectivity index (χ4v) is 6.25. The molecule has 1 aliphatic carbocycles. The van der Waals surface area contributed by atoms with Gasteiger partial charge >= 0.3 is 5.97 Å². The predicted molar refractivity (Wildman–Crippen MR) is 106 cm³/mol. The van der Waals surface area contributed by atoms with Gasteiger partial charge in [-0.25, -0.2) is 14.6 Å². The maximum Gasteiger partial charge on any atom is 0.341 e. The molecule has 0 radical (unpaired) electrons. The Kier molecular flexibility index (Phi) is 4.83. The van der Waals surface area contributed by atoms with E-state index < -0.39 is 29.9 Å². The maximum absolute atomic E-state index is 12.8. The van der Waals surface area contributed by atoms with Crippen molar-refractivity contribution in [2.75, 3.05) is 0 Å². The minimum atomic E-state index is -0.838. The molecule has 1 aromatic rings. The molecule has 0 unspecified atom stereocenters. The third-order valence-corrected chi connectivity index (χ3v) is 8.11. The van der Waals surface area contributed by atoms with Crippen LogP contribution in [0.4, 0.5) is 0 Å². The molecule has 158 valence electrons. The molecule has 0 aromatic heterocycles. The third kappa shape index (κ3) is 3.00. The normalized spacial score (nSPS) is 45.9. The number of rotatable bonds is 2. The number of esters is 1. The molecule has 1 saturated carbocycles. The fourth-order valence-electron chi connectivity index (χ4n) is 5.80. The van der Waals surface area contributed by atoms with Crippen LogP contribution in [0.25, 0.3) is 0 Å². The molecule has 7 heteroatoms. The van der Waals surface area contributed by atoms with Crippen molar-refractivity contribution >= 4 is 21.9 Å². The van der Waals surface area contributed by atoms with Crippen molar-refractivity contribution in [1.29, 1.82) is 0 Å². The van der Waals surface area contributed by atoms with Crippen molar-refractivity contribution in [3.05, 3.63) is 34.3 Å². The standard InChI is InChI=1S/C22H27BrO6/c1-12-8-9-16-13(2)19(25-18(24)14-6-4-5-7-17(14)23)26-20-22(16)15(12)10-11-21(3,27-20)28-29-22/h4-7,12-13,15-16,19-20H,8-11H2,1-3H3/t12-,13-,15-,16+,19-,20-,21-,22-/m1/s1. The Hall–Kier alpha value is -0.990. The van der Waals surface area contributed by atoms with Gasteiger partial charge in [-0.1, -0.05) is 26.0 Å². The van der Waals surface area contributed by atoms with Gasteiger partial charge in [0.05, 0.1) is 5.56 Å².